The second-order valence-corrected chi connectivity index (χ2v) is 10.3. The Morgan fingerprint density at radius 3 is 2.34 bits per heavy atom. The summed E-state index contributed by atoms with van der Waals surface area (Å²) in [7, 11) is 0. The number of hydroxylamine groups is 2. The first-order valence-electron chi connectivity index (χ1n) is 12.3. The molecule has 2 atom stereocenters. The molecule has 210 valence electrons. The molecule has 38 heavy (non-hydrogen) atoms. The Labute approximate surface area is 218 Å². The minimum absolute atomic E-state index is 0.0133. The lowest BCUT2D eigenvalue weighted by molar-refractivity contribution is -0.254. The summed E-state index contributed by atoms with van der Waals surface area (Å²) < 4.78 is 52.4. The zero-order valence-corrected chi connectivity index (χ0v) is 21.6. The Bertz CT molecular complexity index is 1090. The van der Waals surface area contributed by atoms with Gasteiger partial charge in [0.2, 0.25) is 5.91 Å². The second kappa shape index (κ2) is 11.7. The van der Waals surface area contributed by atoms with Crippen molar-refractivity contribution in [3.05, 3.63) is 35.1 Å². The maximum atomic E-state index is 14.1. The molecule has 2 bridgehead atoms. The van der Waals surface area contributed by atoms with E-state index in [0.717, 1.165) is 9.96 Å². The number of rotatable bonds is 6. The predicted molar refractivity (Wildman–Crippen MR) is 125 cm³/mol. The highest BCUT2D eigenvalue weighted by molar-refractivity contribution is 5.93. The van der Waals surface area contributed by atoms with Crippen LogP contribution in [0.5, 0.6) is 0 Å². The maximum absolute atomic E-state index is 14.1. The minimum Gasteiger partial charge on any atom is -0.426 e. The highest BCUT2D eigenvalue weighted by Crippen LogP contribution is 2.31. The molecule has 2 aliphatic rings. The quantitative estimate of drug-likeness (QED) is 0.427. The van der Waals surface area contributed by atoms with Crippen molar-refractivity contribution in [1.29, 1.82) is 0 Å². The van der Waals surface area contributed by atoms with E-state index in [1.165, 1.54) is 0 Å². The lowest BCUT2D eigenvalue weighted by Gasteiger charge is -2.47. The van der Waals surface area contributed by atoms with Gasteiger partial charge in [0.15, 0.2) is 11.6 Å². The fourth-order valence-electron chi connectivity index (χ4n) is 4.13. The van der Waals surface area contributed by atoms with Gasteiger partial charge in [-0.1, -0.05) is 0 Å². The lowest BCUT2D eigenvalue weighted by Crippen LogP contribution is -2.71. The van der Waals surface area contributed by atoms with Crippen molar-refractivity contribution < 1.29 is 46.7 Å². The summed E-state index contributed by atoms with van der Waals surface area (Å²) in [5.41, 5.74) is 2.71. The number of fused-ring (bicyclic) bond motifs is 2. The van der Waals surface area contributed by atoms with Gasteiger partial charge in [-0.25, -0.2) is 18.0 Å². The fourth-order valence-corrected chi connectivity index (χ4v) is 4.13. The number of halogens is 3. The summed E-state index contributed by atoms with van der Waals surface area (Å²) in [4.78, 5) is 58.3. The van der Waals surface area contributed by atoms with Crippen molar-refractivity contribution in [3.8, 4) is 0 Å². The van der Waals surface area contributed by atoms with Crippen LogP contribution in [0.4, 0.5) is 13.2 Å². The number of nitrogens with zero attached hydrogens (tertiary/aromatic N) is 2. The first-order chi connectivity index (χ1) is 17.7. The second-order valence-electron chi connectivity index (χ2n) is 10.3. The summed E-state index contributed by atoms with van der Waals surface area (Å²) in [6.07, 6.45) is -0.280. The first-order valence-corrected chi connectivity index (χ1v) is 12.3. The molecule has 2 N–H and O–H groups in total. The SMILES string of the molecule is CC(C)(C)OC[C@]12OC(=O)CCCCC(=O)ON(CCN1C(=O)C[C@H](N)Cc1cc(F)c(F)cc1F)C2=O. The number of esters is 1. The number of ether oxygens (including phenoxy) is 2. The number of hydrogen-bond acceptors (Lipinski definition) is 8. The molecule has 0 unspecified atom stereocenters. The summed E-state index contributed by atoms with van der Waals surface area (Å²) >= 11 is 0. The normalized spacial score (nSPS) is 21.9. The van der Waals surface area contributed by atoms with E-state index in [4.69, 9.17) is 20.0 Å². The largest absolute Gasteiger partial charge is 0.426 e. The molecule has 2 amide bonds. The molecule has 3 rings (SSSR count). The van der Waals surface area contributed by atoms with Crippen LogP contribution in [-0.2, 0) is 39.9 Å². The van der Waals surface area contributed by atoms with E-state index in [9.17, 15) is 32.3 Å². The van der Waals surface area contributed by atoms with Gasteiger partial charge >= 0.3 is 17.8 Å². The summed E-state index contributed by atoms with van der Waals surface area (Å²) in [6.45, 7) is 4.11. The van der Waals surface area contributed by atoms with E-state index in [-0.39, 0.29) is 44.3 Å². The van der Waals surface area contributed by atoms with Gasteiger partial charge in [0.05, 0.1) is 12.1 Å². The van der Waals surface area contributed by atoms with Crippen LogP contribution in [-0.4, -0.2) is 70.8 Å². The Morgan fingerprint density at radius 2 is 1.68 bits per heavy atom. The number of carbonyl (C=O) groups is 4. The number of hydrogen-bond donors (Lipinski definition) is 1. The Hall–Kier alpha value is -3.19. The molecule has 0 saturated carbocycles. The predicted octanol–water partition coefficient (Wildman–Crippen LogP) is 2.12. The van der Waals surface area contributed by atoms with Crippen LogP contribution < -0.4 is 5.73 Å². The number of carbonyl (C=O) groups excluding carboxylic acids is 4. The standard InChI is InChI=1S/C25H32F3N3O7/c1-24(2,3)36-14-25-23(35)31(38-22(34)7-5-4-6-21(33)37-25)9-8-30(25)20(32)12-16(29)10-15-11-18(27)19(28)13-17(15)26/h11,13,16H,4-10,12,14,29H2,1-3H3/t16-,25-/m1/s1. The summed E-state index contributed by atoms with van der Waals surface area (Å²) in [5, 5.41) is 0.757. The zero-order chi connectivity index (χ0) is 28.3. The van der Waals surface area contributed by atoms with E-state index in [1.54, 1.807) is 20.8 Å². The monoisotopic (exact) mass is 543 g/mol. The van der Waals surface area contributed by atoms with E-state index in [2.05, 4.69) is 0 Å². The summed E-state index contributed by atoms with van der Waals surface area (Å²) in [6, 6.07) is -0.0119. The average molecular weight is 544 g/mol. The number of nitrogens with two attached hydrogens (primary N) is 1. The van der Waals surface area contributed by atoms with E-state index in [1.807, 2.05) is 0 Å². The van der Waals surface area contributed by atoms with Crippen molar-refractivity contribution in [2.45, 2.75) is 76.7 Å². The van der Waals surface area contributed by atoms with Gasteiger partial charge in [-0.3, -0.25) is 19.3 Å². The molecule has 0 radical (unpaired) electrons. The van der Waals surface area contributed by atoms with Crippen LogP contribution in [0.25, 0.3) is 0 Å². The van der Waals surface area contributed by atoms with Gasteiger partial charge in [-0.15, -0.1) is 0 Å². The fraction of sp³-hybridized carbons (Fsp3) is 0.600. The van der Waals surface area contributed by atoms with Crippen LogP contribution in [0.3, 0.4) is 0 Å². The van der Waals surface area contributed by atoms with Crippen LogP contribution in [0.2, 0.25) is 0 Å². The van der Waals surface area contributed by atoms with Crippen molar-refractivity contribution in [3.63, 3.8) is 0 Å². The van der Waals surface area contributed by atoms with Crippen LogP contribution in [0.1, 0.15) is 58.4 Å². The number of benzene rings is 1. The molecule has 2 aliphatic heterocycles. The maximum Gasteiger partial charge on any atom is 0.332 e. The topological polar surface area (TPSA) is 128 Å². The molecular formula is C25H32F3N3O7. The molecule has 1 aromatic rings. The zero-order valence-electron chi connectivity index (χ0n) is 21.6. The lowest BCUT2D eigenvalue weighted by atomic mass is 10.0. The molecule has 10 nitrogen and oxygen atoms in total. The van der Waals surface area contributed by atoms with Crippen molar-refractivity contribution in [2.24, 2.45) is 5.73 Å². The minimum atomic E-state index is -2.29. The van der Waals surface area contributed by atoms with Crippen molar-refractivity contribution in [2.75, 3.05) is 19.7 Å². The van der Waals surface area contributed by atoms with Gasteiger partial charge < -0.3 is 20.0 Å². The Balaban J connectivity index is 1.91. The van der Waals surface area contributed by atoms with Gasteiger partial charge in [0.1, 0.15) is 12.4 Å². The number of piperazine rings is 1. The molecule has 1 aromatic carbocycles. The number of amides is 2. The molecular weight excluding hydrogens is 511 g/mol. The van der Waals surface area contributed by atoms with E-state index < -0.39 is 71.6 Å². The van der Waals surface area contributed by atoms with Crippen molar-refractivity contribution in [1.82, 2.24) is 9.96 Å². The molecule has 0 spiro atoms. The van der Waals surface area contributed by atoms with Gasteiger partial charge in [-0.2, -0.15) is 5.06 Å². The van der Waals surface area contributed by atoms with E-state index in [0.29, 0.717) is 18.6 Å². The third-order valence-corrected chi connectivity index (χ3v) is 6.04. The van der Waals surface area contributed by atoms with Crippen molar-refractivity contribution >= 4 is 23.8 Å². The van der Waals surface area contributed by atoms with E-state index >= 15 is 0 Å². The molecule has 2 heterocycles. The molecule has 2 saturated heterocycles. The first kappa shape index (κ1) is 29.4. The average Bonchev–Trinajstić information content (AvgIpc) is 2.81. The Morgan fingerprint density at radius 1 is 1.05 bits per heavy atom. The Kier molecular flexibility index (Phi) is 9.03. The van der Waals surface area contributed by atoms with Gasteiger partial charge in [0.25, 0.3) is 5.72 Å². The molecule has 0 aliphatic carbocycles. The molecule has 13 heteroatoms. The molecule has 0 aromatic heterocycles. The van der Waals surface area contributed by atoms with Crippen LogP contribution in [0.15, 0.2) is 12.1 Å². The summed E-state index contributed by atoms with van der Waals surface area (Å²) in [5.74, 6) is -6.82. The van der Waals surface area contributed by atoms with Crippen LogP contribution in [0, 0.1) is 17.5 Å². The highest BCUT2D eigenvalue weighted by atomic mass is 19.2. The smallest absolute Gasteiger partial charge is 0.332 e. The third kappa shape index (κ3) is 7.01. The van der Waals surface area contributed by atoms with Gasteiger partial charge in [-0.05, 0) is 51.7 Å². The highest BCUT2D eigenvalue weighted by Gasteiger charge is 2.57. The molecule has 2 fully saturated rings. The van der Waals surface area contributed by atoms with Crippen LogP contribution >= 0.6 is 0 Å². The van der Waals surface area contributed by atoms with Gasteiger partial charge in [0, 0.05) is 37.9 Å². The third-order valence-electron chi connectivity index (χ3n) is 6.04.